The van der Waals surface area contributed by atoms with E-state index >= 15 is 0 Å². The lowest BCUT2D eigenvalue weighted by atomic mass is 10.1. The van der Waals surface area contributed by atoms with Crippen molar-refractivity contribution in [2.75, 3.05) is 5.75 Å². The summed E-state index contributed by atoms with van der Waals surface area (Å²) in [5.74, 6) is -1.39. The third kappa shape index (κ3) is 3.69. The van der Waals surface area contributed by atoms with Crippen LogP contribution in [-0.2, 0) is 9.59 Å². The second kappa shape index (κ2) is 5.71. The molecule has 1 aromatic carbocycles. The first-order chi connectivity index (χ1) is 9.04. The number of carboxylic acids is 1. The van der Waals surface area contributed by atoms with Crippen LogP contribution in [0, 0.1) is 6.92 Å². The van der Waals surface area contributed by atoms with Gasteiger partial charge in [0.1, 0.15) is 5.70 Å². The highest BCUT2D eigenvalue weighted by molar-refractivity contribution is 8.14. The van der Waals surface area contributed by atoms with Gasteiger partial charge in [-0.25, -0.2) is 4.99 Å². The molecule has 0 fully saturated rings. The van der Waals surface area contributed by atoms with Crippen molar-refractivity contribution in [1.82, 2.24) is 5.32 Å². The van der Waals surface area contributed by atoms with Gasteiger partial charge in [0, 0.05) is 0 Å². The molecular formula is C13H12N2O3S. The van der Waals surface area contributed by atoms with Crippen LogP contribution < -0.4 is 5.32 Å². The first-order valence-electron chi connectivity index (χ1n) is 5.57. The standard InChI is InChI=1S/C13H12N2O3S/c1-8-2-4-9(5-3-8)6-10-12(18)15-13(14-10)19-7-11(16)17/h2-6H,7H2,1H3,(H,16,17)(H,14,15,18)/b10-6-. The highest BCUT2D eigenvalue weighted by Crippen LogP contribution is 2.16. The highest BCUT2D eigenvalue weighted by atomic mass is 32.2. The molecule has 0 saturated carbocycles. The molecule has 2 rings (SSSR count). The second-order valence-corrected chi connectivity index (χ2v) is 4.96. The second-order valence-electron chi connectivity index (χ2n) is 3.99. The lowest BCUT2D eigenvalue weighted by Gasteiger charge is -1.95. The number of carbonyl (C=O) groups excluding carboxylic acids is 1. The molecule has 0 unspecified atom stereocenters. The van der Waals surface area contributed by atoms with E-state index in [1.807, 2.05) is 31.2 Å². The van der Waals surface area contributed by atoms with Crippen LogP contribution in [0.2, 0.25) is 0 Å². The molecule has 19 heavy (non-hydrogen) atoms. The zero-order valence-corrected chi connectivity index (χ0v) is 11.0. The molecule has 2 N–H and O–H groups in total. The van der Waals surface area contributed by atoms with E-state index in [0.29, 0.717) is 5.17 Å². The van der Waals surface area contributed by atoms with E-state index in [-0.39, 0.29) is 17.4 Å². The van der Waals surface area contributed by atoms with Crippen LogP contribution in [0.4, 0.5) is 0 Å². The van der Waals surface area contributed by atoms with E-state index in [1.165, 1.54) is 0 Å². The summed E-state index contributed by atoms with van der Waals surface area (Å²) in [6, 6.07) is 7.69. The molecule has 0 aliphatic carbocycles. The number of amidine groups is 1. The number of thioether (sulfide) groups is 1. The van der Waals surface area contributed by atoms with Crippen molar-refractivity contribution in [2.24, 2.45) is 4.99 Å². The smallest absolute Gasteiger partial charge is 0.313 e. The lowest BCUT2D eigenvalue weighted by molar-refractivity contribution is -0.133. The number of hydrogen-bond donors (Lipinski definition) is 2. The molecule has 0 bridgehead atoms. The monoisotopic (exact) mass is 276 g/mol. The maximum absolute atomic E-state index is 11.6. The Kier molecular flexibility index (Phi) is 4.01. The molecule has 0 radical (unpaired) electrons. The predicted molar refractivity (Wildman–Crippen MR) is 74.8 cm³/mol. The van der Waals surface area contributed by atoms with E-state index in [2.05, 4.69) is 10.3 Å². The topological polar surface area (TPSA) is 78.8 Å². The fourth-order valence-electron chi connectivity index (χ4n) is 1.47. The number of aliphatic carboxylic acids is 1. The molecule has 0 saturated heterocycles. The van der Waals surface area contributed by atoms with Gasteiger partial charge >= 0.3 is 5.97 Å². The number of amides is 1. The third-order valence-electron chi connectivity index (χ3n) is 2.39. The van der Waals surface area contributed by atoms with Gasteiger partial charge < -0.3 is 5.11 Å². The summed E-state index contributed by atoms with van der Waals surface area (Å²) in [6.07, 6.45) is 1.67. The van der Waals surface area contributed by atoms with Gasteiger partial charge in [-0.2, -0.15) is 0 Å². The Morgan fingerprint density at radius 3 is 2.74 bits per heavy atom. The molecule has 98 valence electrons. The van der Waals surface area contributed by atoms with Crippen LogP contribution in [0.1, 0.15) is 11.1 Å². The van der Waals surface area contributed by atoms with Crippen molar-refractivity contribution in [2.45, 2.75) is 6.92 Å². The van der Waals surface area contributed by atoms with E-state index < -0.39 is 5.97 Å². The number of carbonyl (C=O) groups is 2. The Balaban J connectivity index is 2.13. The van der Waals surface area contributed by atoms with Crippen LogP contribution >= 0.6 is 11.8 Å². The van der Waals surface area contributed by atoms with Crippen LogP contribution in [0.15, 0.2) is 35.0 Å². The molecule has 1 heterocycles. The van der Waals surface area contributed by atoms with Crippen molar-refractivity contribution in [3.8, 4) is 0 Å². The molecule has 1 amide bonds. The fraction of sp³-hybridized carbons (Fsp3) is 0.154. The average Bonchev–Trinajstić information content (AvgIpc) is 2.71. The Labute approximate surface area is 114 Å². The average molecular weight is 276 g/mol. The molecular weight excluding hydrogens is 264 g/mol. The molecule has 0 spiro atoms. The van der Waals surface area contributed by atoms with Gasteiger partial charge in [-0.1, -0.05) is 41.6 Å². The van der Waals surface area contributed by atoms with Crippen LogP contribution in [-0.4, -0.2) is 27.9 Å². The minimum Gasteiger partial charge on any atom is -0.481 e. The van der Waals surface area contributed by atoms with Gasteiger partial charge in [0.25, 0.3) is 5.91 Å². The quantitative estimate of drug-likeness (QED) is 0.823. The van der Waals surface area contributed by atoms with Crippen molar-refractivity contribution in [1.29, 1.82) is 0 Å². The number of aryl methyl sites for hydroxylation is 1. The molecule has 1 aliphatic rings. The molecule has 6 heteroatoms. The van der Waals surface area contributed by atoms with Gasteiger partial charge in [0.2, 0.25) is 0 Å². The van der Waals surface area contributed by atoms with Gasteiger partial charge in [0.05, 0.1) is 5.75 Å². The summed E-state index contributed by atoms with van der Waals surface area (Å²) in [6.45, 7) is 1.98. The number of benzene rings is 1. The normalized spacial score (nSPS) is 16.4. The van der Waals surface area contributed by atoms with Crippen LogP contribution in [0.3, 0.4) is 0 Å². The van der Waals surface area contributed by atoms with Crippen molar-refractivity contribution >= 4 is 34.9 Å². The van der Waals surface area contributed by atoms with Crippen molar-refractivity contribution in [3.05, 3.63) is 41.1 Å². The number of rotatable bonds is 3. The largest absolute Gasteiger partial charge is 0.481 e. The van der Waals surface area contributed by atoms with Crippen LogP contribution in [0.25, 0.3) is 6.08 Å². The summed E-state index contributed by atoms with van der Waals surface area (Å²) in [5, 5.41) is 11.4. The molecule has 1 aliphatic heterocycles. The lowest BCUT2D eigenvalue weighted by Crippen LogP contribution is -2.22. The summed E-state index contributed by atoms with van der Waals surface area (Å²) < 4.78 is 0. The molecule has 5 nitrogen and oxygen atoms in total. The van der Waals surface area contributed by atoms with E-state index in [0.717, 1.165) is 22.9 Å². The molecule has 0 aromatic heterocycles. The number of nitrogens with one attached hydrogen (secondary N) is 1. The summed E-state index contributed by atoms with van der Waals surface area (Å²) >= 11 is 0.990. The molecule has 1 aromatic rings. The Bertz CT molecular complexity index is 576. The van der Waals surface area contributed by atoms with Gasteiger partial charge in [0.15, 0.2) is 5.17 Å². The van der Waals surface area contributed by atoms with Gasteiger partial charge in [-0.3, -0.25) is 14.9 Å². The molecule has 0 atom stereocenters. The zero-order chi connectivity index (χ0) is 13.8. The van der Waals surface area contributed by atoms with E-state index in [9.17, 15) is 9.59 Å². The van der Waals surface area contributed by atoms with E-state index in [1.54, 1.807) is 6.08 Å². The Hall–Kier alpha value is -2.08. The minimum atomic E-state index is -0.946. The Morgan fingerprint density at radius 2 is 2.11 bits per heavy atom. The summed E-state index contributed by atoms with van der Waals surface area (Å²) in [5.41, 5.74) is 2.31. The third-order valence-corrected chi connectivity index (χ3v) is 3.25. The number of aliphatic imine (C=N–C) groups is 1. The SMILES string of the molecule is Cc1ccc(/C=C2\N=C(SCC(=O)O)NC2=O)cc1. The predicted octanol–water partition coefficient (Wildman–Crippen LogP) is 1.64. The van der Waals surface area contributed by atoms with Gasteiger partial charge in [-0.15, -0.1) is 0 Å². The number of nitrogens with zero attached hydrogens (tertiary/aromatic N) is 1. The first-order valence-corrected chi connectivity index (χ1v) is 6.56. The highest BCUT2D eigenvalue weighted by Gasteiger charge is 2.20. The summed E-state index contributed by atoms with van der Waals surface area (Å²) in [4.78, 5) is 26.2. The number of carboxylic acid groups (broad SMARTS) is 1. The minimum absolute atomic E-state index is 0.128. The summed E-state index contributed by atoms with van der Waals surface area (Å²) in [7, 11) is 0. The number of hydrogen-bond acceptors (Lipinski definition) is 4. The zero-order valence-electron chi connectivity index (χ0n) is 10.2. The Morgan fingerprint density at radius 1 is 1.42 bits per heavy atom. The van der Waals surface area contributed by atoms with Crippen LogP contribution in [0.5, 0.6) is 0 Å². The van der Waals surface area contributed by atoms with Crippen molar-refractivity contribution in [3.63, 3.8) is 0 Å². The van der Waals surface area contributed by atoms with Crippen molar-refractivity contribution < 1.29 is 14.7 Å². The first kappa shape index (κ1) is 13.4. The fourth-order valence-corrected chi connectivity index (χ4v) is 2.05. The van der Waals surface area contributed by atoms with Gasteiger partial charge in [-0.05, 0) is 18.6 Å². The maximum Gasteiger partial charge on any atom is 0.313 e. The van der Waals surface area contributed by atoms with E-state index in [4.69, 9.17) is 5.11 Å². The maximum atomic E-state index is 11.6.